The molecule has 1 aromatic heterocycles. The highest BCUT2D eigenvalue weighted by Crippen LogP contribution is 2.50. The lowest BCUT2D eigenvalue weighted by atomic mass is 9.90. The monoisotopic (exact) mass is 587 g/mol. The van der Waals surface area contributed by atoms with Crippen LogP contribution in [0.15, 0.2) is 164 Å². The van der Waals surface area contributed by atoms with E-state index in [1.165, 1.54) is 33.1 Å². The lowest BCUT2D eigenvalue weighted by Gasteiger charge is -2.30. The van der Waals surface area contributed by atoms with E-state index in [0.29, 0.717) is 11.5 Å². The Morgan fingerprint density at radius 3 is 1.89 bits per heavy atom. The van der Waals surface area contributed by atoms with Crippen molar-refractivity contribution in [3.63, 3.8) is 0 Å². The maximum Gasteiger partial charge on any atom is 0.100 e. The van der Waals surface area contributed by atoms with Gasteiger partial charge in [0.15, 0.2) is 0 Å². The number of nitriles is 1. The summed E-state index contributed by atoms with van der Waals surface area (Å²) in [4.78, 5) is 2.45. The van der Waals surface area contributed by atoms with Gasteiger partial charge in [0, 0.05) is 50.4 Å². The highest BCUT2D eigenvalue weighted by atomic mass is 15.2. The molecule has 0 saturated heterocycles. The van der Waals surface area contributed by atoms with E-state index in [4.69, 9.17) is 0 Å². The fraction of sp³-hybridized carbons (Fsp3) is 0.0465. The minimum atomic E-state index is 0.186. The van der Waals surface area contributed by atoms with E-state index in [1.54, 1.807) is 0 Å². The van der Waals surface area contributed by atoms with Gasteiger partial charge < -0.3 is 9.47 Å². The summed E-state index contributed by atoms with van der Waals surface area (Å²) in [5, 5.41) is 13.2. The minimum Gasteiger partial charge on any atom is -0.333 e. The number of fused-ring (bicyclic) bond motifs is 6. The molecule has 0 radical (unpaired) electrons. The lowest BCUT2D eigenvalue weighted by Crippen LogP contribution is -2.28. The highest BCUT2D eigenvalue weighted by molar-refractivity contribution is 6.09. The van der Waals surface area contributed by atoms with E-state index in [1.807, 2.05) is 0 Å². The van der Waals surface area contributed by atoms with Gasteiger partial charge in [-0.2, -0.15) is 5.26 Å². The Labute approximate surface area is 268 Å². The molecule has 2 atom stereocenters. The van der Waals surface area contributed by atoms with Gasteiger partial charge in [-0.1, -0.05) is 127 Å². The number of allylic oxidation sites excluding steroid dienone is 2. The van der Waals surface area contributed by atoms with E-state index in [9.17, 15) is 5.26 Å². The molecule has 0 bridgehead atoms. The first kappa shape index (κ1) is 26.3. The molecule has 0 saturated carbocycles. The molecule has 3 nitrogen and oxygen atoms in total. The van der Waals surface area contributed by atoms with Gasteiger partial charge in [-0.05, 0) is 47.5 Å². The number of benzene rings is 6. The van der Waals surface area contributed by atoms with Crippen molar-refractivity contribution in [3.8, 4) is 34.0 Å². The first-order chi connectivity index (χ1) is 22.8. The van der Waals surface area contributed by atoms with Crippen molar-refractivity contribution in [1.29, 1.82) is 5.26 Å². The number of hydrogen-bond donors (Lipinski definition) is 0. The predicted octanol–water partition coefficient (Wildman–Crippen LogP) is 10.7. The zero-order valence-electron chi connectivity index (χ0n) is 25.1. The average Bonchev–Trinajstić information content (AvgIpc) is 3.64. The summed E-state index contributed by atoms with van der Waals surface area (Å²) in [5.74, 6) is 0.295. The van der Waals surface area contributed by atoms with Gasteiger partial charge in [0.2, 0.25) is 0 Å². The molecule has 0 spiro atoms. The number of anilines is 2. The van der Waals surface area contributed by atoms with Crippen LogP contribution in [0, 0.1) is 11.3 Å². The second-order valence-electron chi connectivity index (χ2n) is 12.0. The average molecular weight is 588 g/mol. The van der Waals surface area contributed by atoms with Crippen LogP contribution in [0.25, 0.3) is 49.7 Å². The van der Waals surface area contributed by atoms with Crippen molar-refractivity contribution in [3.05, 3.63) is 175 Å². The Balaban J connectivity index is 1.16. The van der Waals surface area contributed by atoms with Crippen LogP contribution < -0.4 is 4.90 Å². The minimum absolute atomic E-state index is 0.186. The van der Waals surface area contributed by atoms with Crippen LogP contribution in [0.5, 0.6) is 0 Å². The van der Waals surface area contributed by atoms with Crippen LogP contribution in [0.2, 0.25) is 0 Å². The van der Waals surface area contributed by atoms with Crippen LogP contribution in [0.3, 0.4) is 0 Å². The second-order valence-corrected chi connectivity index (χ2v) is 12.0. The van der Waals surface area contributed by atoms with Crippen LogP contribution in [-0.4, -0.2) is 10.6 Å². The molecular weight excluding hydrogens is 558 g/mol. The first-order valence-corrected chi connectivity index (χ1v) is 15.8. The molecular formula is C43H29N3. The van der Waals surface area contributed by atoms with Crippen molar-refractivity contribution < 1.29 is 0 Å². The molecule has 2 aliphatic rings. The summed E-state index contributed by atoms with van der Waals surface area (Å²) in [6.45, 7) is 0. The zero-order valence-corrected chi connectivity index (χ0v) is 25.1. The Bertz CT molecular complexity index is 2350. The fourth-order valence-corrected chi connectivity index (χ4v) is 7.61. The molecule has 216 valence electrons. The van der Waals surface area contributed by atoms with Gasteiger partial charge in [0.05, 0.1) is 22.6 Å². The van der Waals surface area contributed by atoms with Gasteiger partial charge in [-0.25, -0.2) is 0 Å². The maximum atomic E-state index is 10.7. The van der Waals surface area contributed by atoms with Crippen LogP contribution >= 0.6 is 0 Å². The number of rotatable bonds is 4. The smallest absolute Gasteiger partial charge is 0.100 e. The number of aromatic nitrogens is 1. The van der Waals surface area contributed by atoms with E-state index in [-0.39, 0.29) is 6.04 Å². The van der Waals surface area contributed by atoms with Crippen molar-refractivity contribution in [1.82, 2.24) is 4.57 Å². The Kier molecular flexibility index (Phi) is 6.01. The normalized spacial score (nSPS) is 16.5. The van der Waals surface area contributed by atoms with E-state index >= 15 is 0 Å². The molecule has 3 heteroatoms. The summed E-state index contributed by atoms with van der Waals surface area (Å²) in [7, 11) is 0. The van der Waals surface area contributed by atoms with Gasteiger partial charge in [0.25, 0.3) is 0 Å². The molecule has 2 heterocycles. The van der Waals surface area contributed by atoms with Crippen LogP contribution in [0.1, 0.15) is 17.0 Å². The summed E-state index contributed by atoms with van der Waals surface area (Å²) in [6.07, 6.45) is 8.89. The molecule has 46 heavy (non-hydrogen) atoms. The molecule has 0 N–H and O–H groups in total. The predicted molar refractivity (Wildman–Crippen MR) is 190 cm³/mol. The third kappa shape index (κ3) is 3.91. The molecule has 9 rings (SSSR count). The summed E-state index contributed by atoms with van der Waals surface area (Å²) >= 11 is 0. The Hall–Kier alpha value is -6.11. The molecule has 2 unspecified atom stereocenters. The van der Waals surface area contributed by atoms with Crippen LogP contribution in [-0.2, 0) is 0 Å². The maximum absolute atomic E-state index is 10.7. The standard InChI is InChI=1S/C43H29N3/c44-28-38-31(29-24-26-30(27-25-29)45-39-19-6-2-13-34(39)35-14-3-7-20-40(35)45)17-11-18-32(38)33-12-1-8-21-41(33)46-42-22-9-4-15-36(42)37-16-5-10-23-43(37)46/h1-27,36,42H. The van der Waals surface area contributed by atoms with Gasteiger partial charge in [0.1, 0.15) is 6.07 Å². The molecule has 0 amide bonds. The topological polar surface area (TPSA) is 32.0 Å². The zero-order chi connectivity index (χ0) is 30.6. The van der Waals surface area contributed by atoms with E-state index in [2.05, 4.69) is 179 Å². The molecule has 1 aliphatic heterocycles. The number of para-hydroxylation sites is 4. The quantitative estimate of drug-likeness (QED) is 0.205. The third-order valence-corrected chi connectivity index (χ3v) is 9.61. The Morgan fingerprint density at radius 2 is 1.13 bits per heavy atom. The summed E-state index contributed by atoms with van der Waals surface area (Å²) in [5.41, 5.74) is 11.8. The SMILES string of the molecule is N#Cc1c(-c2ccc(-n3c4ccccc4c4ccccc43)cc2)cccc1-c1ccccc1N1c2ccccc2C2C=CC=CC21. The Morgan fingerprint density at radius 1 is 0.522 bits per heavy atom. The van der Waals surface area contributed by atoms with Gasteiger partial charge >= 0.3 is 0 Å². The van der Waals surface area contributed by atoms with Crippen molar-refractivity contribution in [2.45, 2.75) is 12.0 Å². The molecule has 7 aromatic rings. The second kappa shape index (κ2) is 10.5. The number of nitrogens with zero attached hydrogens (tertiary/aromatic N) is 3. The van der Waals surface area contributed by atoms with E-state index in [0.717, 1.165) is 33.6 Å². The van der Waals surface area contributed by atoms with Crippen LogP contribution in [0.4, 0.5) is 11.4 Å². The third-order valence-electron chi connectivity index (χ3n) is 9.61. The van der Waals surface area contributed by atoms with Crippen molar-refractivity contribution >= 4 is 33.2 Å². The molecule has 1 aliphatic carbocycles. The van der Waals surface area contributed by atoms with Gasteiger partial charge in [-0.15, -0.1) is 0 Å². The molecule has 6 aromatic carbocycles. The fourth-order valence-electron chi connectivity index (χ4n) is 7.61. The summed E-state index contributed by atoms with van der Waals surface area (Å²) in [6, 6.07) is 52.0. The lowest BCUT2D eigenvalue weighted by molar-refractivity contribution is 0.745. The van der Waals surface area contributed by atoms with Crippen molar-refractivity contribution in [2.75, 3.05) is 4.90 Å². The number of hydrogen-bond acceptors (Lipinski definition) is 2. The highest BCUT2D eigenvalue weighted by Gasteiger charge is 2.38. The largest absolute Gasteiger partial charge is 0.333 e. The van der Waals surface area contributed by atoms with Crippen molar-refractivity contribution in [2.24, 2.45) is 0 Å². The van der Waals surface area contributed by atoms with Gasteiger partial charge in [-0.3, -0.25) is 0 Å². The molecule has 0 fully saturated rings. The first-order valence-electron chi connectivity index (χ1n) is 15.8. The van der Waals surface area contributed by atoms with E-state index < -0.39 is 0 Å². The summed E-state index contributed by atoms with van der Waals surface area (Å²) < 4.78 is 2.32.